The molecule has 0 aromatic heterocycles. The van der Waals surface area contributed by atoms with Crippen LogP contribution in [0.5, 0.6) is 0 Å². The van der Waals surface area contributed by atoms with Crippen molar-refractivity contribution in [2.45, 2.75) is 77.8 Å². The maximum atomic E-state index is 12.9. The largest absolute Gasteiger partial charge is 0.379 e. The zero-order chi connectivity index (χ0) is 38.0. The summed E-state index contributed by atoms with van der Waals surface area (Å²) in [6.07, 6.45) is 2.50. The molecule has 0 aromatic carbocycles. The fraction of sp³-hybridized carbons (Fsp3) is 0.788. The average molecular weight is 730 g/mol. The Bertz CT molecular complexity index is 1110. The molecule has 1 aliphatic heterocycles. The molecule has 1 heterocycles. The summed E-state index contributed by atoms with van der Waals surface area (Å²) in [7, 11) is 1.45. The van der Waals surface area contributed by atoms with Crippen molar-refractivity contribution >= 4 is 41.5 Å². The van der Waals surface area contributed by atoms with Crippen molar-refractivity contribution in [3.8, 4) is 0 Å². The second kappa shape index (κ2) is 26.9. The molecule has 0 radical (unpaired) electrons. The van der Waals surface area contributed by atoms with Crippen LogP contribution in [0.15, 0.2) is 0 Å². The molecule has 7 N–H and O–H groups in total. The SMILES string of the molecule is CCCC1CC(=O)N(CCC(=O)NCCOCCOCCOCCOCCC(=O)N[C@H](C(=O)N[C@@H](CCCNC(N)=O)C(=O)NC)C(C)C)C1=O. The molecule has 0 spiro atoms. The molecule has 51 heavy (non-hydrogen) atoms. The number of amides is 8. The molecule has 1 unspecified atom stereocenters. The molecule has 18 heteroatoms. The molecular formula is C33H59N7O11. The lowest BCUT2D eigenvalue weighted by atomic mass is 10.0. The van der Waals surface area contributed by atoms with E-state index in [1.165, 1.54) is 11.9 Å². The van der Waals surface area contributed by atoms with Crippen LogP contribution in [0.3, 0.4) is 0 Å². The Balaban J connectivity index is 2.07. The van der Waals surface area contributed by atoms with Gasteiger partial charge in [-0.1, -0.05) is 27.2 Å². The fourth-order valence-corrected chi connectivity index (χ4v) is 5.05. The molecule has 292 valence electrons. The van der Waals surface area contributed by atoms with Crippen LogP contribution in [0.4, 0.5) is 4.79 Å². The van der Waals surface area contributed by atoms with E-state index >= 15 is 0 Å². The lowest BCUT2D eigenvalue weighted by Gasteiger charge is -2.25. The maximum Gasteiger partial charge on any atom is 0.312 e. The van der Waals surface area contributed by atoms with Crippen LogP contribution < -0.4 is 32.3 Å². The molecule has 18 nitrogen and oxygen atoms in total. The molecule has 0 bridgehead atoms. The van der Waals surface area contributed by atoms with Gasteiger partial charge in [0.2, 0.25) is 35.4 Å². The van der Waals surface area contributed by atoms with Gasteiger partial charge in [-0.25, -0.2) is 4.79 Å². The molecule has 3 atom stereocenters. The monoisotopic (exact) mass is 729 g/mol. The first-order valence-corrected chi connectivity index (χ1v) is 17.7. The molecule has 0 saturated carbocycles. The van der Waals surface area contributed by atoms with Gasteiger partial charge in [0.05, 0.1) is 52.9 Å². The standard InChI is InChI=1S/C33H59N7O11/c1-5-7-24-22-28(43)40(32(24)46)13-9-26(41)36-12-15-49-17-19-51-21-20-50-18-16-48-14-10-27(42)39-29(23(2)3)31(45)38-25(30(44)35-4)8-6-11-37-33(34)47/h23-25,29H,5-22H2,1-4H3,(H,35,44)(H,36,41)(H,38,45)(H,39,42)(H3,34,37,47)/t24?,25-,29-/m0/s1. The summed E-state index contributed by atoms with van der Waals surface area (Å²) in [5, 5.41) is 13.0. The van der Waals surface area contributed by atoms with Crippen molar-refractivity contribution in [3.63, 3.8) is 0 Å². The lowest BCUT2D eigenvalue weighted by Crippen LogP contribution is -2.55. The number of carbonyl (C=O) groups excluding carboxylic acids is 7. The molecule has 1 rings (SSSR count). The topological polar surface area (TPSA) is 246 Å². The van der Waals surface area contributed by atoms with Gasteiger partial charge >= 0.3 is 6.03 Å². The van der Waals surface area contributed by atoms with Crippen LogP contribution in [0.1, 0.15) is 65.7 Å². The van der Waals surface area contributed by atoms with Crippen molar-refractivity contribution in [2.24, 2.45) is 17.6 Å². The number of likely N-dealkylation sites (N-methyl/N-ethyl adjacent to an activating group) is 1. The molecule has 8 amide bonds. The highest BCUT2D eigenvalue weighted by Gasteiger charge is 2.37. The number of primary amides is 1. The van der Waals surface area contributed by atoms with Gasteiger partial charge < -0.3 is 51.3 Å². The van der Waals surface area contributed by atoms with Crippen LogP contribution in [-0.2, 0) is 47.7 Å². The summed E-state index contributed by atoms with van der Waals surface area (Å²) in [5.74, 6) is -2.42. The molecule has 1 aliphatic rings. The van der Waals surface area contributed by atoms with Gasteiger partial charge in [-0.2, -0.15) is 0 Å². The number of hydrogen-bond acceptors (Lipinski definition) is 11. The van der Waals surface area contributed by atoms with Crippen molar-refractivity contribution in [3.05, 3.63) is 0 Å². The zero-order valence-electron chi connectivity index (χ0n) is 30.6. The van der Waals surface area contributed by atoms with Gasteiger partial charge in [0.1, 0.15) is 12.1 Å². The zero-order valence-corrected chi connectivity index (χ0v) is 30.6. The number of urea groups is 1. The Morgan fingerprint density at radius 2 is 1.41 bits per heavy atom. The van der Waals surface area contributed by atoms with Crippen molar-refractivity contribution in [1.29, 1.82) is 0 Å². The number of likely N-dealkylation sites (tertiary alicyclic amines) is 1. The fourth-order valence-electron chi connectivity index (χ4n) is 5.05. The summed E-state index contributed by atoms with van der Waals surface area (Å²) in [6.45, 7) is 8.52. The van der Waals surface area contributed by atoms with Gasteiger partial charge in [-0.05, 0) is 25.2 Å². The Kier molecular flexibility index (Phi) is 23.8. The number of nitrogens with one attached hydrogen (secondary N) is 5. The highest BCUT2D eigenvalue weighted by atomic mass is 16.6. The number of nitrogens with two attached hydrogens (primary N) is 1. The second-order valence-corrected chi connectivity index (χ2v) is 12.3. The maximum absolute atomic E-state index is 12.9. The van der Waals surface area contributed by atoms with E-state index < -0.39 is 29.9 Å². The highest BCUT2D eigenvalue weighted by molar-refractivity contribution is 6.03. The number of rotatable bonds is 29. The minimum absolute atomic E-state index is 0.0288. The summed E-state index contributed by atoms with van der Waals surface area (Å²) in [4.78, 5) is 86.0. The number of ether oxygens (including phenoxy) is 4. The van der Waals surface area contributed by atoms with Crippen molar-refractivity contribution in [1.82, 2.24) is 31.5 Å². The van der Waals surface area contributed by atoms with E-state index in [0.717, 1.165) is 6.42 Å². The Hall–Kier alpha value is -3.87. The van der Waals surface area contributed by atoms with Gasteiger partial charge in [0.15, 0.2) is 0 Å². The van der Waals surface area contributed by atoms with Gasteiger partial charge in [-0.15, -0.1) is 0 Å². The van der Waals surface area contributed by atoms with Crippen LogP contribution in [0.25, 0.3) is 0 Å². The third-order valence-corrected chi connectivity index (χ3v) is 7.81. The number of imide groups is 1. The van der Waals surface area contributed by atoms with E-state index in [2.05, 4.69) is 26.6 Å². The molecule has 0 aliphatic carbocycles. The minimum atomic E-state index is -0.862. The summed E-state index contributed by atoms with van der Waals surface area (Å²) in [5.41, 5.74) is 5.05. The summed E-state index contributed by atoms with van der Waals surface area (Å²) in [6, 6.07) is -2.38. The molecule has 1 fully saturated rings. The van der Waals surface area contributed by atoms with Crippen LogP contribution in [-0.4, -0.2) is 138 Å². The number of nitrogens with zero attached hydrogens (tertiary/aromatic N) is 1. The third-order valence-electron chi connectivity index (χ3n) is 7.81. The van der Waals surface area contributed by atoms with E-state index in [9.17, 15) is 33.6 Å². The van der Waals surface area contributed by atoms with Gasteiger partial charge in [-0.3, -0.25) is 33.7 Å². The quantitative estimate of drug-likeness (QED) is 0.0400. The summed E-state index contributed by atoms with van der Waals surface area (Å²) >= 11 is 0. The van der Waals surface area contributed by atoms with Crippen molar-refractivity contribution < 1.29 is 52.5 Å². The van der Waals surface area contributed by atoms with Crippen LogP contribution >= 0.6 is 0 Å². The third kappa shape index (κ3) is 19.9. The van der Waals surface area contributed by atoms with Gasteiger partial charge in [0.25, 0.3) is 0 Å². The smallest absolute Gasteiger partial charge is 0.312 e. The predicted molar refractivity (Wildman–Crippen MR) is 185 cm³/mol. The first-order valence-electron chi connectivity index (χ1n) is 17.7. The second-order valence-electron chi connectivity index (χ2n) is 12.3. The van der Waals surface area contributed by atoms with Gasteiger partial charge in [0, 0.05) is 51.9 Å². The normalized spacial score (nSPS) is 15.4. The highest BCUT2D eigenvalue weighted by Crippen LogP contribution is 2.23. The Labute approximate surface area is 300 Å². The molecule has 0 aromatic rings. The average Bonchev–Trinajstić information content (AvgIpc) is 3.35. The minimum Gasteiger partial charge on any atom is -0.379 e. The molecular weight excluding hydrogens is 670 g/mol. The van der Waals surface area contributed by atoms with E-state index in [4.69, 9.17) is 24.7 Å². The van der Waals surface area contributed by atoms with E-state index in [1.807, 2.05) is 6.92 Å². The number of carbonyl (C=O) groups is 7. The first-order chi connectivity index (χ1) is 24.4. The van der Waals surface area contributed by atoms with Crippen LogP contribution in [0, 0.1) is 11.8 Å². The van der Waals surface area contributed by atoms with Crippen LogP contribution in [0.2, 0.25) is 0 Å². The Morgan fingerprint density at radius 1 is 0.804 bits per heavy atom. The Morgan fingerprint density at radius 3 is 1.98 bits per heavy atom. The van der Waals surface area contributed by atoms with E-state index in [0.29, 0.717) is 59.0 Å². The van der Waals surface area contributed by atoms with Crippen molar-refractivity contribution in [2.75, 3.05) is 79.5 Å². The van der Waals surface area contributed by atoms with E-state index in [-0.39, 0.29) is 87.5 Å². The summed E-state index contributed by atoms with van der Waals surface area (Å²) < 4.78 is 21.8. The molecule has 1 saturated heterocycles. The first kappa shape index (κ1) is 45.2. The van der Waals surface area contributed by atoms with E-state index in [1.54, 1.807) is 13.8 Å². The lowest BCUT2D eigenvalue weighted by molar-refractivity contribution is -0.139. The predicted octanol–water partition coefficient (Wildman–Crippen LogP) is -1.06. The number of hydrogen-bond donors (Lipinski definition) is 6.